The number of hydrogen-bond donors (Lipinski definition) is 2. The van der Waals surface area contributed by atoms with Crippen LogP contribution in [-0.2, 0) is 12.2 Å². The standard InChI is InChI=1S/C21H16N6OS/c22-9-8-14-4-6-17(7-5-14)26-20(28)16-3-1-2-15(10-16)12-29-21-18-11-25-27-19(18)23-13-24-21/h1-7,10-11,13H,8,12H2,(H,26,28)(H,23,24,25,27). The van der Waals surface area contributed by atoms with E-state index in [0.29, 0.717) is 29.1 Å². The number of rotatable bonds is 6. The monoisotopic (exact) mass is 400 g/mol. The van der Waals surface area contributed by atoms with E-state index in [4.69, 9.17) is 5.26 Å². The molecule has 0 saturated heterocycles. The Balaban J connectivity index is 1.43. The fourth-order valence-electron chi connectivity index (χ4n) is 2.81. The lowest BCUT2D eigenvalue weighted by molar-refractivity contribution is 0.102. The smallest absolute Gasteiger partial charge is 0.255 e. The SMILES string of the molecule is N#CCc1ccc(NC(=O)c2cccc(CSc3ncnc4[nH]ncc34)c2)cc1. The predicted octanol–water partition coefficient (Wildman–Crippen LogP) is 3.96. The van der Waals surface area contributed by atoms with E-state index in [-0.39, 0.29) is 5.91 Å². The van der Waals surface area contributed by atoms with Crippen molar-refractivity contribution < 1.29 is 4.79 Å². The summed E-state index contributed by atoms with van der Waals surface area (Å²) in [6, 6.07) is 16.9. The maximum absolute atomic E-state index is 12.6. The summed E-state index contributed by atoms with van der Waals surface area (Å²) in [6.07, 6.45) is 3.57. The van der Waals surface area contributed by atoms with Gasteiger partial charge in [-0.3, -0.25) is 9.89 Å². The number of aromatic nitrogens is 4. The summed E-state index contributed by atoms with van der Waals surface area (Å²) in [5, 5.41) is 20.2. The average Bonchev–Trinajstić information content (AvgIpc) is 3.23. The van der Waals surface area contributed by atoms with Gasteiger partial charge in [0.2, 0.25) is 0 Å². The number of benzene rings is 2. The van der Waals surface area contributed by atoms with Crippen LogP contribution in [0.4, 0.5) is 5.69 Å². The van der Waals surface area contributed by atoms with Gasteiger partial charge in [-0.05, 0) is 35.4 Å². The van der Waals surface area contributed by atoms with Crippen LogP contribution in [0.1, 0.15) is 21.5 Å². The zero-order valence-electron chi connectivity index (χ0n) is 15.3. The van der Waals surface area contributed by atoms with Gasteiger partial charge in [-0.25, -0.2) is 9.97 Å². The van der Waals surface area contributed by atoms with Gasteiger partial charge in [-0.15, -0.1) is 11.8 Å². The van der Waals surface area contributed by atoms with Gasteiger partial charge in [-0.2, -0.15) is 10.4 Å². The van der Waals surface area contributed by atoms with Gasteiger partial charge in [0.05, 0.1) is 24.1 Å². The first kappa shape index (κ1) is 18.7. The Morgan fingerprint density at radius 3 is 2.83 bits per heavy atom. The number of fused-ring (bicyclic) bond motifs is 1. The number of carbonyl (C=O) groups excluding carboxylic acids is 1. The number of aromatic amines is 1. The molecule has 0 aliphatic carbocycles. The molecule has 2 N–H and O–H groups in total. The van der Waals surface area contributed by atoms with Gasteiger partial charge < -0.3 is 5.32 Å². The minimum atomic E-state index is -0.177. The number of hydrogen-bond acceptors (Lipinski definition) is 6. The molecule has 0 atom stereocenters. The number of anilines is 1. The van der Waals surface area contributed by atoms with Gasteiger partial charge in [0, 0.05) is 17.0 Å². The number of nitriles is 1. The first-order valence-corrected chi connectivity index (χ1v) is 9.84. The van der Waals surface area contributed by atoms with Crippen molar-refractivity contribution in [2.45, 2.75) is 17.2 Å². The number of carbonyl (C=O) groups is 1. The largest absolute Gasteiger partial charge is 0.322 e. The molecule has 1 amide bonds. The van der Waals surface area contributed by atoms with Gasteiger partial charge in [-0.1, -0.05) is 24.3 Å². The normalized spacial score (nSPS) is 10.6. The molecule has 0 bridgehead atoms. The summed E-state index contributed by atoms with van der Waals surface area (Å²) < 4.78 is 0. The van der Waals surface area contributed by atoms with Crippen molar-refractivity contribution >= 4 is 34.4 Å². The minimum absolute atomic E-state index is 0.177. The van der Waals surface area contributed by atoms with E-state index in [2.05, 4.69) is 31.6 Å². The maximum atomic E-state index is 12.6. The second kappa shape index (κ2) is 8.54. The summed E-state index contributed by atoms with van der Waals surface area (Å²) >= 11 is 1.57. The topological polar surface area (TPSA) is 107 Å². The molecule has 2 aromatic carbocycles. The molecule has 2 heterocycles. The van der Waals surface area contributed by atoms with E-state index in [1.165, 1.54) is 6.33 Å². The van der Waals surface area contributed by atoms with Crippen LogP contribution in [0, 0.1) is 11.3 Å². The first-order valence-electron chi connectivity index (χ1n) is 8.86. The molecule has 0 aliphatic rings. The third-order valence-corrected chi connectivity index (χ3v) is 5.35. The number of nitrogens with one attached hydrogen (secondary N) is 2. The number of H-pyrrole nitrogens is 1. The highest BCUT2D eigenvalue weighted by Crippen LogP contribution is 2.26. The number of nitrogens with zero attached hydrogens (tertiary/aromatic N) is 4. The molecule has 0 saturated carbocycles. The van der Waals surface area contributed by atoms with Crippen LogP contribution in [-0.4, -0.2) is 26.1 Å². The van der Waals surface area contributed by atoms with E-state index >= 15 is 0 Å². The van der Waals surface area contributed by atoms with Gasteiger partial charge in [0.1, 0.15) is 11.4 Å². The maximum Gasteiger partial charge on any atom is 0.255 e. The fraction of sp³-hybridized carbons (Fsp3) is 0.0952. The predicted molar refractivity (Wildman–Crippen MR) is 111 cm³/mol. The molecule has 0 radical (unpaired) electrons. The molecule has 0 spiro atoms. The number of amides is 1. The van der Waals surface area contributed by atoms with Gasteiger partial charge in [0.15, 0.2) is 5.65 Å². The molecule has 4 aromatic rings. The minimum Gasteiger partial charge on any atom is -0.322 e. The van der Waals surface area contributed by atoms with Crippen molar-refractivity contribution in [1.29, 1.82) is 5.26 Å². The Kier molecular flexibility index (Phi) is 5.49. The lowest BCUT2D eigenvalue weighted by Gasteiger charge is -2.08. The molecule has 8 heteroatoms. The molecule has 142 valence electrons. The second-order valence-corrected chi connectivity index (χ2v) is 7.25. The van der Waals surface area contributed by atoms with Gasteiger partial charge in [0.25, 0.3) is 5.91 Å². The third-order valence-electron chi connectivity index (χ3n) is 4.27. The molecular weight excluding hydrogens is 384 g/mol. The summed E-state index contributed by atoms with van der Waals surface area (Å²) in [4.78, 5) is 21.0. The first-order chi connectivity index (χ1) is 14.2. The quantitative estimate of drug-likeness (QED) is 0.375. The third kappa shape index (κ3) is 4.42. The van der Waals surface area contributed by atoms with Crippen LogP contribution in [0.5, 0.6) is 0 Å². The average molecular weight is 400 g/mol. The van der Waals surface area contributed by atoms with Crippen LogP contribution in [0.15, 0.2) is 66.1 Å². The van der Waals surface area contributed by atoms with E-state index in [9.17, 15) is 4.79 Å². The Hall–Kier alpha value is -3.70. The Bertz CT molecular complexity index is 1200. The molecule has 7 nitrogen and oxygen atoms in total. The van der Waals surface area contributed by atoms with Crippen LogP contribution < -0.4 is 5.32 Å². The van der Waals surface area contributed by atoms with Crippen molar-refractivity contribution in [2.75, 3.05) is 5.32 Å². The van der Waals surface area contributed by atoms with E-state index < -0.39 is 0 Å². The molecule has 0 fully saturated rings. The molecular formula is C21H16N6OS. The van der Waals surface area contributed by atoms with Crippen molar-refractivity contribution in [1.82, 2.24) is 20.2 Å². The summed E-state index contributed by atoms with van der Waals surface area (Å²) in [6.45, 7) is 0. The Labute approximate surface area is 171 Å². The Morgan fingerprint density at radius 1 is 1.14 bits per heavy atom. The molecule has 29 heavy (non-hydrogen) atoms. The van der Waals surface area contributed by atoms with Crippen LogP contribution in [0.3, 0.4) is 0 Å². The second-order valence-electron chi connectivity index (χ2n) is 6.29. The lowest BCUT2D eigenvalue weighted by Crippen LogP contribution is -2.12. The van der Waals surface area contributed by atoms with Crippen LogP contribution in [0.25, 0.3) is 11.0 Å². The van der Waals surface area contributed by atoms with E-state index in [1.807, 2.05) is 30.3 Å². The lowest BCUT2D eigenvalue weighted by atomic mass is 10.1. The van der Waals surface area contributed by atoms with Gasteiger partial charge >= 0.3 is 0 Å². The highest BCUT2D eigenvalue weighted by atomic mass is 32.2. The Morgan fingerprint density at radius 2 is 2.00 bits per heavy atom. The molecule has 0 unspecified atom stereocenters. The zero-order valence-corrected chi connectivity index (χ0v) is 16.1. The molecule has 2 aromatic heterocycles. The molecule has 4 rings (SSSR count). The van der Waals surface area contributed by atoms with Crippen molar-refractivity contribution in [3.8, 4) is 6.07 Å². The summed E-state index contributed by atoms with van der Waals surface area (Å²) in [5.41, 5.74) is 3.92. The molecule has 0 aliphatic heterocycles. The highest BCUT2D eigenvalue weighted by Gasteiger charge is 2.09. The summed E-state index contributed by atoms with van der Waals surface area (Å²) in [7, 11) is 0. The van der Waals surface area contributed by atoms with Crippen LogP contribution >= 0.6 is 11.8 Å². The van der Waals surface area contributed by atoms with Crippen LogP contribution in [0.2, 0.25) is 0 Å². The summed E-state index contributed by atoms with van der Waals surface area (Å²) in [5.74, 6) is 0.491. The van der Waals surface area contributed by atoms with Crippen molar-refractivity contribution in [2.24, 2.45) is 0 Å². The van der Waals surface area contributed by atoms with Crippen molar-refractivity contribution in [3.05, 3.63) is 77.7 Å². The van der Waals surface area contributed by atoms with Crippen molar-refractivity contribution in [3.63, 3.8) is 0 Å². The highest BCUT2D eigenvalue weighted by molar-refractivity contribution is 7.98. The van der Waals surface area contributed by atoms with E-state index in [1.54, 1.807) is 36.2 Å². The number of thioether (sulfide) groups is 1. The zero-order chi connectivity index (χ0) is 20.1. The van der Waals surface area contributed by atoms with E-state index in [0.717, 1.165) is 21.5 Å². The fourth-order valence-corrected chi connectivity index (χ4v) is 3.72.